The van der Waals surface area contributed by atoms with Crippen molar-refractivity contribution in [3.63, 3.8) is 0 Å². The minimum absolute atomic E-state index is 0.0807. The number of rotatable bonds is 5. The molecular weight excluding hydrogens is 244 g/mol. The van der Waals surface area contributed by atoms with Gasteiger partial charge in [-0.05, 0) is 38.1 Å². The van der Waals surface area contributed by atoms with Gasteiger partial charge in [0.2, 0.25) is 0 Å². The van der Waals surface area contributed by atoms with E-state index in [2.05, 4.69) is 23.9 Å². The Hall–Kier alpha value is -2.30. The largest absolute Gasteiger partial charge is 0.476 e. The van der Waals surface area contributed by atoms with Gasteiger partial charge in [-0.25, -0.2) is 4.79 Å². The summed E-state index contributed by atoms with van der Waals surface area (Å²) < 4.78 is 5.02. The fourth-order valence-electron chi connectivity index (χ4n) is 1.94. The van der Waals surface area contributed by atoms with E-state index >= 15 is 0 Å². The molecule has 2 aromatic rings. The number of hydrogen-bond donors (Lipinski definition) is 1. The number of hydrogen-bond acceptors (Lipinski definition) is 4. The standard InChI is InChI=1S/C14H16N2O3/c1-3-16(4-2)11-7-5-10(6-8-11)13-9-12(14(17)18)15-19-13/h5-9H,3-4H2,1-2H3,(H,17,18). The van der Waals surface area contributed by atoms with Crippen molar-refractivity contribution in [1.29, 1.82) is 0 Å². The lowest BCUT2D eigenvalue weighted by Crippen LogP contribution is -2.21. The van der Waals surface area contributed by atoms with Crippen LogP contribution in [0.4, 0.5) is 5.69 Å². The summed E-state index contributed by atoms with van der Waals surface area (Å²) in [6, 6.07) is 9.21. The fraction of sp³-hybridized carbons (Fsp3) is 0.286. The van der Waals surface area contributed by atoms with Crippen LogP contribution in [-0.2, 0) is 0 Å². The van der Waals surface area contributed by atoms with E-state index < -0.39 is 5.97 Å². The first-order valence-corrected chi connectivity index (χ1v) is 6.21. The van der Waals surface area contributed by atoms with Gasteiger partial charge in [0, 0.05) is 30.4 Å². The number of aromatic carboxylic acids is 1. The van der Waals surface area contributed by atoms with Crippen LogP contribution in [0.5, 0.6) is 0 Å². The number of carboxylic acids is 1. The highest BCUT2D eigenvalue weighted by Gasteiger charge is 2.12. The predicted molar refractivity (Wildman–Crippen MR) is 72.5 cm³/mol. The SMILES string of the molecule is CCN(CC)c1ccc(-c2cc(C(=O)O)no2)cc1. The van der Waals surface area contributed by atoms with E-state index in [1.807, 2.05) is 24.3 Å². The molecule has 0 fully saturated rings. The summed E-state index contributed by atoms with van der Waals surface area (Å²) in [4.78, 5) is 13.0. The van der Waals surface area contributed by atoms with Gasteiger partial charge in [0.1, 0.15) is 0 Å². The zero-order chi connectivity index (χ0) is 13.8. The maximum absolute atomic E-state index is 10.7. The highest BCUT2D eigenvalue weighted by Crippen LogP contribution is 2.23. The average molecular weight is 260 g/mol. The molecule has 0 aliphatic carbocycles. The Morgan fingerprint density at radius 3 is 2.37 bits per heavy atom. The number of anilines is 1. The second-order valence-corrected chi connectivity index (χ2v) is 4.10. The lowest BCUT2D eigenvalue weighted by atomic mass is 10.1. The molecule has 1 heterocycles. The molecule has 0 radical (unpaired) electrons. The second kappa shape index (κ2) is 5.56. The topological polar surface area (TPSA) is 66.6 Å². The van der Waals surface area contributed by atoms with Crippen molar-refractivity contribution in [1.82, 2.24) is 5.16 Å². The molecule has 2 rings (SSSR count). The molecule has 0 saturated carbocycles. The molecule has 1 N–H and O–H groups in total. The van der Waals surface area contributed by atoms with E-state index in [0.717, 1.165) is 24.3 Å². The van der Waals surface area contributed by atoms with Gasteiger partial charge in [-0.2, -0.15) is 0 Å². The first-order chi connectivity index (χ1) is 9.15. The zero-order valence-corrected chi connectivity index (χ0v) is 11.0. The normalized spacial score (nSPS) is 10.4. The van der Waals surface area contributed by atoms with Crippen LogP contribution in [0.15, 0.2) is 34.9 Å². The second-order valence-electron chi connectivity index (χ2n) is 4.10. The predicted octanol–water partition coefficient (Wildman–Crippen LogP) is 2.89. The molecule has 0 saturated heterocycles. The van der Waals surface area contributed by atoms with E-state index in [-0.39, 0.29) is 5.69 Å². The lowest BCUT2D eigenvalue weighted by Gasteiger charge is -2.20. The van der Waals surface area contributed by atoms with Crippen LogP contribution in [0, 0.1) is 0 Å². The third-order valence-corrected chi connectivity index (χ3v) is 3.01. The minimum atomic E-state index is -1.09. The molecule has 0 aliphatic rings. The molecule has 0 spiro atoms. The third-order valence-electron chi connectivity index (χ3n) is 3.01. The molecule has 0 aliphatic heterocycles. The molecule has 1 aromatic carbocycles. The van der Waals surface area contributed by atoms with Crippen LogP contribution in [-0.4, -0.2) is 29.3 Å². The third kappa shape index (κ3) is 2.76. The molecule has 1 aromatic heterocycles. The highest BCUT2D eigenvalue weighted by atomic mass is 16.5. The molecule has 0 amide bonds. The number of carbonyl (C=O) groups is 1. The molecule has 19 heavy (non-hydrogen) atoms. The quantitative estimate of drug-likeness (QED) is 0.895. The van der Waals surface area contributed by atoms with Gasteiger partial charge < -0.3 is 14.5 Å². The molecule has 0 unspecified atom stereocenters. The van der Waals surface area contributed by atoms with Crippen LogP contribution in [0.25, 0.3) is 11.3 Å². The average Bonchev–Trinajstić information content (AvgIpc) is 2.91. The summed E-state index contributed by atoms with van der Waals surface area (Å²) in [5.74, 6) is -0.627. The smallest absolute Gasteiger partial charge is 0.358 e. The Kier molecular flexibility index (Phi) is 3.85. The summed E-state index contributed by atoms with van der Waals surface area (Å²) in [5.41, 5.74) is 1.87. The van der Waals surface area contributed by atoms with Gasteiger partial charge in [-0.15, -0.1) is 0 Å². The van der Waals surface area contributed by atoms with Gasteiger partial charge in [0.15, 0.2) is 11.5 Å². The van der Waals surface area contributed by atoms with Crippen LogP contribution in [0.3, 0.4) is 0 Å². The van der Waals surface area contributed by atoms with Crippen molar-refractivity contribution in [2.75, 3.05) is 18.0 Å². The van der Waals surface area contributed by atoms with Crippen molar-refractivity contribution < 1.29 is 14.4 Å². The van der Waals surface area contributed by atoms with Crippen LogP contribution in [0.2, 0.25) is 0 Å². The Labute approximate surface area is 111 Å². The Balaban J connectivity index is 2.24. The summed E-state index contributed by atoms with van der Waals surface area (Å²) >= 11 is 0. The van der Waals surface area contributed by atoms with Crippen LogP contribution < -0.4 is 4.90 Å². The highest BCUT2D eigenvalue weighted by molar-refractivity contribution is 5.86. The first-order valence-electron chi connectivity index (χ1n) is 6.21. The molecule has 5 heteroatoms. The van der Waals surface area contributed by atoms with Crippen molar-refractivity contribution in [2.24, 2.45) is 0 Å². The number of benzene rings is 1. The fourth-order valence-corrected chi connectivity index (χ4v) is 1.94. The van der Waals surface area contributed by atoms with Gasteiger partial charge in [-0.3, -0.25) is 0 Å². The van der Waals surface area contributed by atoms with Gasteiger partial charge in [0.25, 0.3) is 0 Å². The maximum Gasteiger partial charge on any atom is 0.358 e. The summed E-state index contributed by atoms with van der Waals surface area (Å²) in [6.07, 6.45) is 0. The first kappa shape index (κ1) is 13.1. The summed E-state index contributed by atoms with van der Waals surface area (Å²) in [5, 5.41) is 12.3. The van der Waals surface area contributed by atoms with E-state index in [0.29, 0.717) is 5.76 Å². The van der Waals surface area contributed by atoms with Crippen molar-refractivity contribution in [2.45, 2.75) is 13.8 Å². The Bertz CT molecular complexity index is 556. The van der Waals surface area contributed by atoms with E-state index in [1.165, 1.54) is 6.07 Å². The number of aromatic nitrogens is 1. The van der Waals surface area contributed by atoms with E-state index in [1.54, 1.807) is 0 Å². The molecule has 5 nitrogen and oxygen atoms in total. The lowest BCUT2D eigenvalue weighted by molar-refractivity contribution is 0.0686. The van der Waals surface area contributed by atoms with Crippen molar-refractivity contribution >= 4 is 11.7 Å². The van der Waals surface area contributed by atoms with Crippen molar-refractivity contribution in [3.8, 4) is 11.3 Å². The molecule has 0 atom stereocenters. The van der Waals surface area contributed by atoms with E-state index in [4.69, 9.17) is 9.63 Å². The Morgan fingerprint density at radius 2 is 1.89 bits per heavy atom. The minimum Gasteiger partial charge on any atom is -0.476 e. The van der Waals surface area contributed by atoms with E-state index in [9.17, 15) is 4.79 Å². The molecule has 0 bridgehead atoms. The van der Waals surface area contributed by atoms with Gasteiger partial charge >= 0.3 is 5.97 Å². The molecule has 100 valence electrons. The Morgan fingerprint density at radius 1 is 1.26 bits per heavy atom. The zero-order valence-electron chi connectivity index (χ0n) is 11.0. The number of nitrogens with zero attached hydrogens (tertiary/aromatic N) is 2. The summed E-state index contributed by atoms with van der Waals surface area (Å²) in [6.45, 7) is 6.10. The van der Waals surface area contributed by atoms with Gasteiger partial charge in [0.05, 0.1) is 0 Å². The molecular formula is C14H16N2O3. The maximum atomic E-state index is 10.7. The van der Waals surface area contributed by atoms with Crippen LogP contribution in [0.1, 0.15) is 24.3 Å². The summed E-state index contributed by atoms with van der Waals surface area (Å²) in [7, 11) is 0. The van der Waals surface area contributed by atoms with Gasteiger partial charge in [-0.1, -0.05) is 5.16 Å². The monoisotopic (exact) mass is 260 g/mol. The van der Waals surface area contributed by atoms with Crippen LogP contribution >= 0.6 is 0 Å². The van der Waals surface area contributed by atoms with Crippen molar-refractivity contribution in [3.05, 3.63) is 36.0 Å². The number of carboxylic acid groups (broad SMARTS) is 1.